The van der Waals surface area contributed by atoms with Crippen LogP contribution in [-0.4, -0.2) is 10.5 Å². The summed E-state index contributed by atoms with van der Waals surface area (Å²) < 4.78 is 0. The van der Waals surface area contributed by atoms with Crippen molar-refractivity contribution < 1.29 is 4.79 Å². The Labute approximate surface area is 169 Å². The zero-order valence-corrected chi connectivity index (χ0v) is 15.8. The second-order valence-electron chi connectivity index (χ2n) is 7.02. The SMILES string of the molecule is [N-]=[N+]=C(c1ccccc1)c1c2ccccc2c(-c2ccccc2)c2ccccc12. The Morgan fingerprint density at radius 2 is 0.966 bits per heavy atom. The summed E-state index contributed by atoms with van der Waals surface area (Å²) >= 11 is 0. The molecule has 0 aromatic heterocycles. The van der Waals surface area contributed by atoms with E-state index in [1.54, 1.807) is 0 Å². The first-order valence-corrected chi connectivity index (χ1v) is 9.65. The van der Waals surface area contributed by atoms with Crippen LogP contribution >= 0.6 is 0 Å². The van der Waals surface area contributed by atoms with Gasteiger partial charge in [0.15, 0.2) is 0 Å². The average Bonchev–Trinajstić information content (AvgIpc) is 2.80. The Balaban J connectivity index is 1.98. The monoisotopic (exact) mass is 370 g/mol. The quantitative estimate of drug-likeness (QED) is 0.146. The summed E-state index contributed by atoms with van der Waals surface area (Å²) in [6.45, 7) is 0. The van der Waals surface area contributed by atoms with Crippen molar-refractivity contribution in [2.45, 2.75) is 0 Å². The van der Waals surface area contributed by atoms with Gasteiger partial charge in [0, 0.05) is 0 Å². The number of hydrogen-bond acceptors (Lipinski definition) is 0. The maximum Gasteiger partial charge on any atom is 0.330 e. The second-order valence-corrected chi connectivity index (χ2v) is 7.02. The molecule has 136 valence electrons. The highest BCUT2D eigenvalue weighted by atomic mass is 14.9. The fraction of sp³-hybridized carbons (Fsp3) is 0. The normalized spacial score (nSPS) is 10.8. The number of benzene rings is 5. The summed E-state index contributed by atoms with van der Waals surface area (Å²) in [6, 6.07) is 37.0. The van der Waals surface area contributed by atoms with E-state index in [2.05, 4.69) is 65.5 Å². The van der Waals surface area contributed by atoms with Gasteiger partial charge in [-0.05, 0) is 44.8 Å². The Morgan fingerprint density at radius 1 is 0.517 bits per heavy atom. The smallest absolute Gasteiger partial charge is 0.330 e. The number of nitrogens with zero attached hydrogens (tertiary/aromatic N) is 2. The van der Waals surface area contributed by atoms with Crippen molar-refractivity contribution >= 4 is 27.3 Å². The van der Waals surface area contributed by atoms with Crippen LogP contribution in [-0.2, 0) is 0 Å². The van der Waals surface area contributed by atoms with Crippen molar-refractivity contribution in [1.29, 1.82) is 0 Å². The van der Waals surface area contributed by atoms with Gasteiger partial charge in [-0.3, -0.25) is 0 Å². The van der Waals surface area contributed by atoms with E-state index < -0.39 is 0 Å². The van der Waals surface area contributed by atoms with Crippen molar-refractivity contribution in [2.24, 2.45) is 0 Å². The molecule has 0 saturated carbocycles. The first kappa shape index (κ1) is 17.1. The molecule has 0 amide bonds. The molecule has 5 rings (SSSR count). The van der Waals surface area contributed by atoms with E-state index in [9.17, 15) is 5.53 Å². The molecule has 2 heteroatoms. The molecule has 2 nitrogen and oxygen atoms in total. The largest absolute Gasteiger partial charge is 0.361 e. The van der Waals surface area contributed by atoms with Gasteiger partial charge < -0.3 is 5.53 Å². The van der Waals surface area contributed by atoms with Gasteiger partial charge in [-0.15, -0.1) is 0 Å². The highest BCUT2D eigenvalue weighted by Crippen LogP contribution is 2.39. The minimum Gasteiger partial charge on any atom is -0.361 e. The van der Waals surface area contributed by atoms with E-state index >= 15 is 0 Å². The highest BCUT2D eigenvalue weighted by Gasteiger charge is 2.24. The summed E-state index contributed by atoms with van der Waals surface area (Å²) in [4.78, 5) is 3.75. The molecule has 0 unspecified atom stereocenters. The summed E-state index contributed by atoms with van der Waals surface area (Å²) in [7, 11) is 0. The van der Waals surface area contributed by atoms with Crippen molar-refractivity contribution in [3.8, 4) is 11.1 Å². The molecule has 0 heterocycles. The van der Waals surface area contributed by atoms with E-state index in [-0.39, 0.29) is 0 Å². The second kappa shape index (κ2) is 7.20. The van der Waals surface area contributed by atoms with Crippen molar-refractivity contribution in [2.75, 3.05) is 0 Å². The molecular weight excluding hydrogens is 352 g/mol. The summed E-state index contributed by atoms with van der Waals surface area (Å²) in [5, 5.41) is 4.43. The summed E-state index contributed by atoms with van der Waals surface area (Å²) in [5.41, 5.74) is 14.8. The lowest BCUT2D eigenvalue weighted by atomic mass is 9.85. The third-order valence-electron chi connectivity index (χ3n) is 5.38. The van der Waals surface area contributed by atoms with Gasteiger partial charge in [0.2, 0.25) is 0 Å². The molecular formula is C27H18N2. The zero-order valence-electron chi connectivity index (χ0n) is 15.8. The van der Waals surface area contributed by atoms with E-state index in [4.69, 9.17) is 0 Å². The lowest BCUT2D eigenvalue weighted by Crippen LogP contribution is -2.07. The number of rotatable bonds is 3. The molecule has 0 radical (unpaired) electrons. The molecule has 0 aliphatic carbocycles. The maximum atomic E-state index is 10.0. The van der Waals surface area contributed by atoms with Gasteiger partial charge in [0.25, 0.3) is 0 Å². The molecule has 0 bridgehead atoms. The molecule has 5 aromatic rings. The van der Waals surface area contributed by atoms with Crippen LogP contribution in [0, 0.1) is 0 Å². The van der Waals surface area contributed by atoms with Gasteiger partial charge in [-0.2, -0.15) is 4.79 Å². The van der Waals surface area contributed by atoms with Gasteiger partial charge in [-0.25, -0.2) is 0 Å². The van der Waals surface area contributed by atoms with Crippen LogP contribution in [0.15, 0.2) is 109 Å². The van der Waals surface area contributed by atoms with Gasteiger partial charge in [0.1, 0.15) is 0 Å². The third kappa shape index (κ3) is 2.84. The van der Waals surface area contributed by atoms with Crippen LogP contribution in [0.5, 0.6) is 0 Å². The lowest BCUT2D eigenvalue weighted by Gasteiger charge is -2.15. The van der Waals surface area contributed by atoms with Crippen LogP contribution in [0.2, 0.25) is 0 Å². The zero-order chi connectivity index (χ0) is 19.6. The van der Waals surface area contributed by atoms with Gasteiger partial charge >= 0.3 is 5.71 Å². The standard InChI is InChI=1S/C27H18N2/c28-29-27(20-13-5-2-6-14-20)26-23-17-9-7-15-21(23)25(19-11-3-1-4-12-19)22-16-8-10-18-24(22)26/h1-18H. The molecule has 0 aliphatic rings. The maximum absolute atomic E-state index is 10.0. The average molecular weight is 370 g/mol. The molecule has 0 saturated heterocycles. The molecule has 0 N–H and O–H groups in total. The number of hydrogen-bond donors (Lipinski definition) is 0. The van der Waals surface area contributed by atoms with E-state index in [0.717, 1.165) is 32.7 Å². The van der Waals surface area contributed by atoms with Gasteiger partial charge in [-0.1, -0.05) is 97.1 Å². The Kier molecular flexibility index (Phi) is 4.25. The molecule has 5 aromatic carbocycles. The summed E-state index contributed by atoms with van der Waals surface area (Å²) in [5.74, 6) is 0. The van der Waals surface area contributed by atoms with E-state index in [1.165, 1.54) is 11.1 Å². The van der Waals surface area contributed by atoms with Crippen LogP contribution in [0.4, 0.5) is 0 Å². The first-order valence-electron chi connectivity index (χ1n) is 9.65. The predicted octanol–water partition coefficient (Wildman–Crippen LogP) is 6.73. The fourth-order valence-corrected chi connectivity index (χ4v) is 4.15. The fourth-order valence-electron chi connectivity index (χ4n) is 4.15. The molecule has 0 spiro atoms. The predicted molar refractivity (Wildman–Crippen MR) is 120 cm³/mol. The first-order chi connectivity index (χ1) is 14.4. The lowest BCUT2D eigenvalue weighted by molar-refractivity contribution is -0.00256. The van der Waals surface area contributed by atoms with Gasteiger partial charge in [0.05, 0.1) is 11.1 Å². The minimum atomic E-state index is 0.581. The Hall–Kier alpha value is -4.00. The van der Waals surface area contributed by atoms with Crippen LogP contribution in [0.3, 0.4) is 0 Å². The van der Waals surface area contributed by atoms with Crippen LogP contribution < -0.4 is 0 Å². The molecule has 0 fully saturated rings. The Morgan fingerprint density at radius 3 is 1.48 bits per heavy atom. The van der Waals surface area contributed by atoms with Crippen LogP contribution in [0.1, 0.15) is 11.1 Å². The topological polar surface area (TPSA) is 36.4 Å². The Bertz CT molecular complexity index is 1320. The number of fused-ring (bicyclic) bond motifs is 2. The molecule has 0 atom stereocenters. The molecule has 0 aliphatic heterocycles. The van der Waals surface area contributed by atoms with Crippen molar-refractivity contribution in [3.05, 3.63) is 126 Å². The molecule has 29 heavy (non-hydrogen) atoms. The third-order valence-corrected chi connectivity index (χ3v) is 5.38. The van der Waals surface area contributed by atoms with Crippen molar-refractivity contribution in [3.63, 3.8) is 0 Å². The highest BCUT2D eigenvalue weighted by molar-refractivity contribution is 6.28. The van der Waals surface area contributed by atoms with Crippen molar-refractivity contribution in [1.82, 2.24) is 0 Å². The minimum absolute atomic E-state index is 0.581. The van der Waals surface area contributed by atoms with Crippen LogP contribution in [0.25, 0.3) is 38.2 Å². The van der Waals surface area contributed by atoms with E-state index in [0.29, 0.717) is 5.71 Å². The summed E-state index contributed by atoms with van der Waals surface area (Å²) in [6.07, 6.45) is 0. The van der Waals surface area contributed by atoms with E-state index in [1.807, 2.05) is 48.5 Å².